The van der Waals surface area contributed by atoms with Crippen LogP contribution in [0.5, 0.6) is 0 Å². The molecule has 126 valence electrons. The second kappa shape index (κ2) is 11.5. The molecular weight excluding hydrogens is 375 g/mol. The zero-order chi connectivity index (χ0) is 15.0. The fourth-order valence-electron chi connectivity index (χ4n) is 2.67. The van der Waals surface area contributed by atoms with Crippen LogP contribution in [0.1, 0.15) is 47.5 Å². The van der Waals surface area contributed by atoms with Crippen LogP contribution >= 0.6 is 24.0 Å². The molecule has 0 aromatic carbocycles. The second-order valence-electron chi connectivity index (χ2n) is 6.68. The van der Waals surface area contributed by atoms with E-state index < -0.39 is 0 Å². The normalized spacial score (nSPS) is 20.0. The molecular formula is C16H35IN4. The molecule has 1 fully saturated rings. The van der Waals surface area contributed by atoms with E-state index in [4.69, 9.17) is 0 Å². The minimum atomic E-state index is 0. The number of halogens is 1. The summed E-state index contributed by atoms with van der Waals surface area (Å²) in [6, 6.07) is 0.667. The molecule has 1 rings (SSSR count). The summed E-state index contributed by atoms with van der Waals surface area (Å²) in [4.78, 5) is 7.26. The van der Waals surface area contributed by atoms with Crippen molar-refractivity contribution in [1.29, 1.82) is 0 Å². The van der Waals surface area contributed by atoms with Crippen molar-refractivity contribution in [3.63, 3.8) is 0 Å². The first-order chi connectivity index (χ1) is 9.52. The Morgan fingerprint density at radius 1 is 1.19 bits per heavy atom. The van der Waals surface area contributed by atoms with Crippen molar-refractivity contribution < 1.29 is 0 Å². The van der Waals surface area contributed by atoms with Crippen LogP contribution in [0.2, 0.25) is 0 Å². The molecule has 0 unspecified atom stereocenters. The molecule has 1 aliphatic rings. The summed E-state index contributed by atoms with van der Waals surface area (Å²) in [5.74, 6) is 2.32. The van der Waals surface area contributed by atoms with E-state index in [1.54, 1.807) is 0 Å². The monoisotopic (exact) mass is 410 g/mol. The highest BCUT2D eigenvalue weighted by molar-refractivity contribution is 14.0. The van der Waals surface area contributed by atoms with Gasteiger partial charge in [-0.1, -0.05) is 27.7 Å². The highest BCUT2D eigenvalue weighted by Gasteiger charge is 2.24. The van der Waals surface area contributed by atoms with Gasteiger partial charge in [0.05, 0.1) is 0 Å². The van der Waals surface area contributed by atoms with Crippen LogP contribution in [0.25, 0.3) is 0 Å². The molecule has 2 N–H and O–H groups in total. The van der Waals surface area contributed by atoms with E-state index in [-0.39, 0.29) is 24.0 Å². The van der Waals surface area contributed by atoms with Gasteiger partial charge in [0.15, 0.2) is 5.96 Å². The van der Waals surface area contributed by atoms with Crippen molar-refractivity contribution in [3.05, 3.63) is 0 Å². The third-order valence-electron chi connectivity index (χ3n) is 3.56. The van der Waals surface area contributed by atoms with Crippen molar-refractivity contribution in [1.82, 2.24) is 15.5 Å². The van der Waals surface area contributed by atoms with Crippen LogP contribution in [-0.4, -0.2) is 49.6 Å². The lowest BCUT2D eigenvalue weighted by Crippen LogP contribution is -2.45. The minimum absolute atomic E-state index is 0. The molecule has 1 aliphatic heterocycles. The molecule has 0 aliphatic carbocycles. The molecule has 0 radical (unpaired) electrons. The molecule has 0 spiro atoms. The molecule has 1 atom stereocenters. The van der Waals surface area contributed by atoms with Crippen LogP contribution in [0.4, 0.5) is 0 Å². The number of hydrogen-bond donors (Lipinski definition) is 2. The van der Waals surface area contributed by atoms with Gasteiger partial charge < -0.3 is 10.6 Å². The van der Waals surface area contributed by atoms with Crippen molar-refractivity contribution in [2.24, 2.45) is 16.8 Å². The van der Waals surface area contributed by atoms with Crippen LogP contribution < -0.4 is 10.6 Å². The highest BCUT2D eigenvalue weighted by Crippen LogP contribution is 2.17. The predicted octanol–water partition coefficient (Wildman–Crippen LogP) is 2.94. The van der Waals surface area contributed by atoms with E-state index in [2.05, 4.69) is 55.1 Å². The third-order valence-corrected chi connectivity index (χ3v) is 3.56. The SMILES string of the molecule is CCNC(=NCC(C)C)NC[C@H]1CCCN1CC(C)C.I. The number of guanidine groups is 1. The quantitative estimate of drug-likeness (QED) is 0.385. The zero-order valence-electron chi connectivity index (χ0n) is 14.5. The average Bonchev–Trinajstić information content (AvgIpc) is 2.79. The van der Waals surface area contributed by atoms with Crippen molar-refractivity contribution in [3.8, 4) is 0 Å². The average molecular weight is 410 g/mol. The summed E-state index contributed by atoms with van der Waals surface area (Å²) in [5.41, 5.74) is 0. The highest BCUT2D eigenvalue weighted by atomic mass is 127. The third kappa shape index (κ3) is 8.86. The van der Waals surface area contributed by atoms with Gasteiger partial charge in [-0.2, -0.15) is 0 Å². The van der Waals surface area contributed by atoms with Gasteiger partial charge in [0.2, 0.25) is 0 Å². The lowest BCUT2D eigenvalue weighted by molar-refractivity contribution is 0.226. The van der Waals surface area contributed by atoms with Gasteiger partial charge in [0.25, 0.3) is 0 Å². The first-order valence-corrected chi connectivity index (χ1v) is 8.29. The molecule has 0 aromatic rings. The van der Waals surface area contributed by atoms with E-state index in [1.165, 1.54) is 25.9 Å². The van der Waals surface area contributed by atoms with Gasteiger partial charge in [-0.05, 0) is 38.1 Å². The van der Waals surface area contributed by atoms with Gasteiger partial charge in [-0.3, -0.25) is 9.89 Å². The molecule has 4 nitrogen and oxygen atoms in total. The smallest absolute Gasteiger partial charge is 0.191 e. The summed E-state index contributed by atoms with van der Waals surface area (Å²) in [5, 5.41) is 6.86. The molecule has 21 heavy (non-hydrogen) atoms. The van der Waals surface area contributed by atoms with Crippen LogP contribution in [0.3, 0.4) is 0 Å². The molecule has 5 heteroatoms. The predicted molar refractivity (Wildman–Crippen MR) is 104 cm³/mol. The second-order valence-corrected chi connectivity index (χ2v) is 6.68. The summed E-state index contributed by atoms with van der Waals surface area (Å²) >= 11 is 0. The van der Waals surface area contributed by atoms with Crippen molar-refractivity contribution in [2.45, 2.75) is 53.5 Å². The van der Waals surface area contributed by atoms with Gasteiger partial charge in [-0.15, -0.1) is 24.0 Å². The zero-order valence-corrected chi connectivity index (χ0v) is 16.8. The minimum Gasteiger partial charge on any atom is -0.357 e. The first-order valence-electron chi connectivity index (χ1n) is 8.29. The molecule has 1 saturated heterocycles. The Kier molecular flexibility index (Phi) is 11.5. The van der Waals surface area contributed by atoms with Gasteiger partial charge in [-0.25, -0.2) is 0 Å². The van der Waals surface area contributed by atoms with Gasteiger partial charge >= 0.3 is 0 Å². The summed E-state index contributed by atoms with van der Waals surface area (Å²) in [6.07, 6.45) is 2.64. The number of nitrogens with zero attached hydrogens (tertiary/aromatic N) is 2. The maximum Gasteiger partial charge on any atom is 0.191 e. The Labute approximate surface area is 148 Å². The Morgan fingerprint density at radius 3 is 2.48 bits per heavy atom. The number of hydrogen-bond acceptors (Lipinski definition) is 2. The van der Waals surface area contributed by atoms with E-state index >= 15 is 0 Å². The molecule has 0 aromatic heterocycles. The van der Waals surface area contributed by atoms with Gasteiger partial charge in [0, 0.05) is 32.2 Å². The maximum atomic E-state index is 4.64. The van der Waals surface area contributed by atoms with Crippen molar-refractivity contribution in [2.75, 3.05) is 32.7 Å². The number of rotatable bonds is 7. The van der Waals surface area contributed by atoms with Crippen LogP contribution in [0.15, 0.2) is 4.99 Å². The lowest BCUT2D eigenvalue weighted by atomic mass is 10.1. The molecule has 0 bridgehead atoms. The van der Waals surface area contributed by atoms with Gasteiger partial charge in [0.1, 0.15) is 0 Å². The molecule has 1 heterocycles. The van der Waals surface area contributed by atoms with E-state index in [0.717, 1.165) is 31.5 Å². The van der Waals surface area contributed by atoms with Crippen LogP contribution in [-0.2, 0) is 0 Å². The summed E-state index contributed by atoms with van der Waals surface area (Å²) in [6.45, 7) is 16.4. The molecule has 0 amide bonds. The fraction of sp³-hybridized carbons (Fsp3) is 0.938. The Hall–Kier alpha value is -0.0400. The first kappa shape index (κ1) is 21.0. The summed E-state index contributed by atoms with van der Waals surface area (Å²) in [7, 11) is 0. The Balaban J connectivity index is 0.00000400. The number of likely N-dealkylation sites (tertiary alicyclic amines) is 1. The number of aliphatic imine (C=N–C) groups is 1. The van der Waals surface area contributed by atoms with E-state index in [0.29, 0.717) is 12.0 Å². The maximum absolute atomic E-state index is 4.64. The van der Waals surface area contributed by atoms with Crippen LogP contribution in [0, 0.1) is 11.8 Å². The Bertz CT molecular complexity index is 292. The number of nitrogens with one attached hydrogen (secondary N) is 2. The van der Waals surface area contributed by atoms with E-state index in [9.17, 15) is 0 Å². The summed E-state index contributed by atoms with van der Waals surface area (Å²) < 4.78 is 0. The fourth-order valence-corrected chi connectivity index (χ4v) is 2.67. The standard InChI is InChI=1S/C16H34N4.HI/c1-6-17-16(18-10-13(2)3)19-11-15-8-7-9-20(15)12-14(4)5;/h13-15H,6-12H2,1-5H3,(H2,17,18,19);1H/t15-;/m1./s1. The topological polar surface area (TPSA) is 39.7 Å². The Morgan fingerprint density at radius 2 is 1.90 bits per heavy atom. The van der Waals surface area contributed by atoms with Crippen molar-refractivity contribution >= 4 is 29.9 Å². The van der Waals surface area contributed by atoms with E-state index in [1.807, 2.05) is 0 Å². The largest absolute Gasteiger partial charge is 0.357 e. The molecule has 0 saturated carbocycles. The lowest BCUT2D eigenvalue weighted by Gasteiger charge is -2.27.